The monoisotopic (exact) mass is 429 g/mol. The van der Waals surface area contributed by atoms with Gasteiger partial charge in [-0.3, -0.25) is 14.6 Å². The van der Waals surface area contributed by atoms with Crippen LogP contribution in [0.3, 0.4) is 0 Å². The number of nitrogens with zero attached hydrogens (tertiary/aromatic N) is 3. The van der Waals surface area contributed by atoms with Crippen LogP contribution < -0.4 is 16.2 Å². The van der Waals surface area contributed by atoms with Gasteiger partial charge in [-0.25, -0.2) is 4.68 Å². The van der Waals surface area contributed by atoms with E-state index in [4.69, 9.17) is 11.6 Å². The second kappa shape index (κ2) is 7.69. The molecule has 2 heterocycles. The van der Waals surface area contributed by atoms with Crippen LogP contribution >= 0.6 is 11.6 Å². The summed E-state index contributed by atoms with van der Waals surface area (Å²) in [6.45, 7) is 8.62. The number of aromatic nitrogens is 3. The standard InChI is InChI=1S/C22H28ClN5O2/c1-12-5-6-15(9-24-12)26-19(29)11-28-21(30)20(23)18(10-25-28)27-17-8-14-7-16(13(17)2)22(14,3)4/h5-6,9-10,13-14,16-17,27H,7-8,11H2,1-4H3,(H,26,29)/t13-,14+,16-,17-/m1/s1. The van der Waals surface area contributed by atoms with E-state index in [1.165, 1.54) is 6.42 Å². The molecular formula is C22H28ClN5O2. The lowest BCUT2D eigenvalue weighted by Gasteiger charge is -2.62. The second-order valence-corrected chi connectivity index (χ2v) is 9.66. The van der Waals surface area contributed by atoms with E-state index >= 15 is 0 Å². The highest BCUT2D eigenvalue weighted by molar-refractivity contribution is 6.32. The Morgan fingerprint density at radius 3 is 2.70 bits per heavy atom. The summed E-state index contributed by atoms with van der Waals surface area (Å²) in [5.41, 5.74) is 1.87. The zero-order chi connectivity index (χ0) is 21.6. The number of rotatable bonds is 5. The summed E-state index contributed by atoms with van der Waals surface area (Å²) in [4.78, 5) is 29.1. The maximum atomic E-state index is 12.7. The van der Waals surface area contributed by atoms with E-state index in [2.05, 4.69) is 41.5 Å². The zero-order valence-corrected chi connectivity index (χ0v) is 18.5. The normalized spacial score (nSPS) is 26.6. The van der Waals surface area contributed by atoms with Crippen molar-refractivity contribution < 1.29 is 4.79 Å². The highest BCUT2D eigenvalue weighted by atomic mass is 35.5. The smallest absolute Gasteiger partial charge is 0.288 e. The number of carbonyl (C=O) groups is 1. The molecule has 0 aliphatic heterocycles. The fraction of sp³-hybridized carbons (Fsp3) is 0.545. The number of hydrogen-bond acceptors (Lipinski definition) is 5. The lowest BCUT2D eigenvalue weighted by molar-refractivity contribution is -0.117. The minimum absolute atomic E-state index is 0.0699. The summed E-state index contributed by atoms with van der Waals surface area (Å²) in [6, 6.07) is 3.83. The van der Waals surface area contributed by atoms with Gasteiger partial charge in [-0.2, -0.15) is 5.10 Å². The van der Waals surface area contributed by atoms with Crippen LogP contribution in [0.4, 0.5) is 11.4 Å². The topological polar surface area (TPSA) is 88.9 Å². The van der Waals surface area contributed by atoms with Gasteiger partial charge in [-0.05, 0) is 55.1 Å². The molecule has 3 aliphatic rings. The zero-order valence-electron chi connectivity index (χ0n) is 17.8. The van der Waals surface area contributed by atoms with Crippen molar-refractivity contribution in [2.45, 2.75) is 53.1 Å². The molecule has 30 heavy (non-hydrogen) atoms. The van der Waals surface area contributed by atoms with Gasteiger partial charge in [0.2, 0.25) is 5.91 Å². The summed E-state index contributed by atoms with van der Waals surface area (Å²) >= 11 is 6.35. The summed E-state index contributed by atoms with van der Waals surface area (Å²) in [6.07, 6.45) is 5.46. The Hall–Kier alpha value is -2.41. The lowest BCUT2D eigenvalue weighted by Crippen LogP contribution is -2.58. The number of amides is 1. The van der Waals surface area contributed by atoms with E-state index in [1.54, 1.807) is 24.5 Å². The number of hydrogen-bond donors (Lipinski definition) is 2. The van der Waals surface area contributed by atoms with E-state index in [0.717, 1.165) is 16.8 Å². The molecule has 2 aromatic heterocycles. The Morgan fingerprint density at radius 2 is 2.07 bits per heavy atom. The van der Waals surface area contributed by atoms with Crippen LogP contribution in [-0.4, -0.2) is 26.7 Å². The van der Waals surface area contributed by atoms with Crippen molar-refractivity contribution in [2.75, 3.05) is 10.6 Å². The predicted molar refractivity (Wildman–Crippen MR) is 118 cm³/mol. The minimum atomic E-state index is -0.479. The van der Waals surface area contributed by atoms with Gasteiger partial charge in [0.05, 0.1) is 23.8 Å². The first kappa shape index (κ1) is 20.8. The average Bonchev–Trinajstić information content (AvgIpc) is 2.70. The van der Waals surface area contributed by atoms with Gasteiger partial charge in [-0.1, -0.05) is 32.4 Å². The third-order valence-electron chi connectivity index (χ3n) is 7.17. The Morgan fingerprint density at radius 1 is 1.30 bits per heavy atom. The Bertz CT molecular complexity index is 1020. The number of aryl methyl sites for hydroxylation is 1. The predicted octanol–water partition coefficient (Wildman–Crippen LogP) is 3.72. The van der Waals surface area contributed by atoms with Gasteiger partial charge in [0.15, 0.2) is 0 Å². The van der Waals surface area contributed by atoms with Gasteiger partial charge in [-0.15, -0.1) is 0 Å². The molecule has 0 saturated heterocycles. The SMILES string of the molecule is Cc1ccc(NC(=O)Cn2ncc(N[C@@H]3C[C@@H]4C[C@H]([C@H]3C)C4(C)C)c(Cl)c2=O)cn1. The van der Waals surface area contributed by atoms with E-state index < -0.39 is 5.56 Å². The minimum Gasteiger partial charge on any atom is -0.379 e. The second-order valence-electron chi connectivity index (χ2n) is 9.28. The van der Waals surface area contributed by atoms with Crippen LogP contribution in [0.25, 0.3) is 0 Å². The van der Waals surface area contributed by atoms with Crippen molar-refractivity contribution in [3.63, 3.8) is 0 Å². The van der Waals surface area contributed by atoms with E-state index in [-0.39, 0.29) is 23.5 Å². The first-order chi connectivity index (χ1) is 14.2. The van der Waals surface area contributed by atoms with Gasteiger partial charge < -0.3 is 10.6 Å². The fourth-order valence-corrected chi connectivity index (χ4v) is 5.30. The lowest BCUT2D eigenvalue weighted by atomic mass is 9.45. The van der Waals surface area contributed by atoms with Crippen molar-refractivity contribution in [2.24, 2.45) is 23.2 Å². The third-order valence-corrected chi connectivity index (χ3v) is 7.53. The molecule has 7 nitrogen and oxygen atoms in total. The van der Waals surface area contributed by atoms with E-state index in [0.29, 0.717) is 34.5 Å². The number of nitrogens with one attached hydrogen (secondary N) is 2. The van der Waals surface area contributed by atoms with Crippen molar-refractivity contribution in [3.8, 4) is 0 Å². The largest absolute Gasteiger partial charge is 0.379 e. The highest BCUT2D eigenvalue weighted by Crippen LogP contribution is 2.61. The molecule has 2 aromatic rings. The van der Waals surface area contributed by atoms with Crippen molar-refractivity contribution in [1.29, 1.82) is 0 Å². The molecule has 0 unspecified atom stereocenters. The molecule has 8 heteroatoms. The maximum absolute atomic E-state index is 12.7. The van der Waals surface area contributed by atoms with Crippen LogP contribution in [0.2, 0.25) is 5.02 Å². The summed E-state index contributed by atoms with van der Waals surface area (Å²) < 4.78 is 1.08. The van der Waals surface area contributed by atoms with Crippen molar-refractivity contribution >= 4 is 28.9 Å². The Kier molecular flexibility index (Phi) is 5.34. The number of pyridine rings is 1. The van der Waals surface area contributed by atoms with Crippen LogP contribution in [0.15, 0.2) is 29.3 Å². The van der Waals surface area contributed by atoms with Crippen LogP contribution in [-0.2, 0) is 11.3 Å². The summed E-state index contributed by atoms with van der Waals surface area (Å²) in [7, 11) is 0. The molecule has 2 N–H and O–H groups in total. The molecule has 4 atom stereocenters. The van der Waals surface area contributed by atoms with E-state index in [9.17, 15) is 9.59 Å². The Balaban J connectivity index is 1.43. The molecule has 2 bridgehead atoms. The van der Waals surface area contributed by atoms with Crippen molar-refractivity contribution in [1.82, 2.24) is 14.8 Å². The van der Waals surface area contributed by atoms with Crippen LogP contribution in [0, 0.1) is 30.1 Å². The molecule has 1 amide bonds. The third kappa shape index (κ3) is 3.71. The number of halogens is 1. The molecule has 3 aliphatic carbocycles. The Labute approximate surface area is 181 Å². The molecule has 3 saturated carbocycles. The molecular weight excluding hydrogens is 402 g/mol. The molecule has 5 rings (SSSR count). The number of carbonyl (C=O) groups excluding carboxylic acids is 1. The summed E-state index contributed by atoms with van der Waals surface area (Å²) in [5.74, 6) is 1.51. The fourth-order valence-electron chi connectivity index (χ4n) is 5.10. The first-order valence-electron chi connectivity index (χ1n) is 10.4. The molecule has 160 valence electrons. The number of fused-ring (bicyclic) bond motifs is 2. The number of anilines is 2. The quantitative estimate of drug-likeness (QED) is 0.756. The van der Waals surface area contributed by atoms with E-state index in [1.807, 2.05) is 6.92 Å². The molecule has 0 aromatic carbocycles. The average molecular weight is 430 g/mol. The first-order valence-corrected chi connectivity index (χ1v) is 10.8. The van der Waals surface area contributed by atoms with Gasteiger partial charge in [0.1, 0.15) is 11.6 Å². The highest BCUT2D eigenvalue weighted by Gasteiger charge is 2.56. The summed E-state index contributed by atoms with van der Waals surface area (Å²) in [5, 5.41) is 10.4. The molecule has 0 spiro atoms. The van der Waals surface area contributed by atoms with Crippen LogP contribution in [0.1, 0.15) is 39.3 Å². The van der Waals surface area contributed by atoms with Crippen LogP contribution in [0.5, 0.6) is 0 Å². The molecule has 0 radical (unpaired) electrons. The maximum Gasteiger partial charge on any atom is 0.288 e. The van der Waals surface area contributed by atoms with Gasteiger partial charge in [0, 0.05) is 11.7 Å². The van der Waals surface area contributed by atoms with Gasteiger partial charge >= 0.3 is 0 Å². The van der Waals surface area contributed by atoms with Gasteiger partial charge in [0.25, 0.3) is 5.56 Å². The molecule has 3 fully saturated rings. The van der Waals surface area contributed by atoms with Crippen molar-refractivity contribution in [3.05, 3.63) is 45.6 Å².